The molecule has 0 radical (unpaired) electrons. The van der Waals surface area contributed by atoms with Crippen molar-refractivity contribution in [3.63, 3.8) is 0 Å². The van der Waals surface area contributed by atoms with E-state index in [1.165, 1.54) is 0 Å². The quantitative estimate of drug-likeness (QED) is 0.0710. The molecule has 3 amide bonds. The number of anilines is 2. The van der Waals surface area contributed by atoms with Gasteiger partial charge in [-0.3, -0.25) is 19.2 Å². The van der Waals surface area contributed by atoms with Gasteiger partial charge in [0.1, 0.15) is 17.7 Å². The lowest BCUT2D eigenvalue weighted by Gasteiger charge is -2.37. The molecule has 2 aromatic carbocycles. The summed E-state index contributed by atoms with van der Waals surface area (Å²) in [5.74, 6) is -3.31. The van der Waals surface area contributed by atoms with E-state index in [-0.39, 0.29) is 48.7 Å². The second kappa shape index (κ2) is 19.0. The van der Waals surface area contributed by atoms with Crippen LogP contribution >= 0.6 is 15.9 Å². The van der Waals surface area contributed by atoms with Gasteiger partial charge in [0.15, 0.2) is 0 Å². The molecular formula is C42H55BrN4O7. The third-order valence-corrected chi connectivity index (χ3v) is 11.8. The molecule has 2 bridgehead atoms. The van der Waals surface area contributed by atoms with Crippen molar-refractivity contribution in [2.45, 2.75) is 87.5 Å². The second-order valence-corrected chi connectivity index (χ2v) is 15.4. The number of aliphatic hydroxyl groups excluding tert-OH is 1. The zero-order chi connectivity index (χ0) is 38.8. The van der Waals surface area contributed by atoms with Crippen LogP contribution in [0.15, 0.2) is 79.9 Å². The van der Waals surface area contributed by atoms with Crippen LogP contribution in [-0.4, -0.2) is 95.6 Å². The van der Waals surface area contributed by atoms with Crippen LogP contribution in [0.5, 0.6) is 0 Å². The van der Waals surface area contributed by atoms with Crippen molar-refractivity contribution < 1.29 is 33.8 Å². The summed E-state index contributed by atoms with van der Waals surface area (Å²) in [4.78, 5) is 61.9. The maximum Gasteiger partial charge on any atom is 0.313 e. The molecule has 2 N–H and O–H groups in total. The molecule has 7 atom stereocenters. The van der Waals surface area contributed by atoms with Gasteiger partial charge < -0.3 is 34.6 Å². The average molecular weight is 808 g/mol. The first-order valence-electron chi connectivity index (χ1n) is 19.3. The number of fused-ring (bicyclic) bond motifs is 1. The zero-order valence-corrected chi connectivity index (χ0v) is 33.1. The van der Waals surface area contributed by atoms with Gasteiger partial charge in [0, 0.05) is 55.4 Å². The molecule has 3 aliphatic heterocycles. The van der Waals surface area contributed by atoms with E-state index < -0.39 is 41.7 Å². The van der Waals surface area contributed by atoms with Crippen molar-refractivity contribution >= 4 is 51.0 Å². The van der Waals surface area contributed by atoms with Gasteiger partial charge in [0.25, 0.3) is 5.91 Å². The Morgan fingerprint density at radius 2 is 1.72 bits per heavy atom. The number of allylic oxidation sites excluding steroid dienone is 1. The van der Waals surface area contributed by atoms with Gasteiger partial charge in [0.05, 0.1) is 24.5 Å². The molecule has 0 aliphatic carbocycles. The Labute approximate surface area is 327 Å². The predicted molar refractivity (Wildman–Crippen MR) is 213 cm³/mol. The summed E-state index contributed by atoms with van der Waals surface area (Å²) < 4.78 is 13.0. The minimum absolute atomic E-state index is 0.0517. The third-order valence-electron chi connectivity index (χ3n) is 11.0. The molecule has 3 saturated heterocycles. The fourth-order valence-electron chi connectivity index (χ4n) is 8.34. The molecule has 3 heterocycles. The van der Waals surface area contributed by atoms with Crippen LogP contribution in [0, 0.1) is 11.8 Å². The summed E-state index contributed by atoms with van der Waals surface area (Å²) in [6, 6.07) is 16.0. The lowest BCUT2D eigenvalue weighted by molar-refractivity contribution is -0.160. The number of carbonyl (C=O) groups excluding carboxylic acids is 4. The van der Waals surface area contributed by atoms with Crippen LogP contribution in [-0.2, 0) is 28.7 Å². The van der Waals surface area contributed by atoms with Crippen molar-refractivity contribution in [2.75, 3.05) is 49.1 Å². The fourth-order valence-corrected chi connectivity index (χ4v) is 9.28. The van der Waals surface area contributed by atoms with Crippen molar-refractivity contribution in [1.82, 2.24) is 10.2 Å². The molecule has 3 aliphatic rings. The lowest BCUT2D eigenvalue weighted by atomic mass is 9.70. The number of ether oxygens (including phenoxy) is 2. The van der Waals surface area contributed by atoms with Crippen LogP contribution in [0.2, 0.25) is 0 Å². The summed E-state index contributed by atoms with van der Waals surface area (Å²) >= 11 is 3.77. The number of amides is 3. The van der Waals surface area contributed by atoms with Gasteiger partial charge in [-0.05, 0) is 69.4 Å². The van der Waals surface area contributed by atoms with Gasteiger partial charge in [-0.2, -0.15) is 0 Å². The van der Waals surface area contributed by atoms with Crippen molar-refractivity contribution in [3.8, 4) is 0 Å². The van der Waals surface area contributed by atoms with Crippen molar-refractivity contribution in [2.24, 2.45) is 11.8 Å². The first-order valence-corrected chi connectivity index (χ1v) is 20.2. The number of unbranched alkanes of at least 4 members (excludes halogenated alkanes) is 3. The Bertz CT molecular complexity index is 1620. The fraction of sp³-hybridized carbons (Fsp3) is 0.524. The normalized spacial score (nSPS) is 24.5. The number of esters is 1. The van der Waals surface area contributed by atoms with E-state index in [9.17, 15) is 19.5 Å². The Morgan fingerprint density at radius 3 is 2.37 bits per heavy atom. The maximum atomic E-state index is 15.0. The number of rotatable bonds is 21. The molecule has 1 unspecified atom stereocenters. The highest BCUT2D eigenvalue weighted by Gasteiger charge is 2.77. The smallest absolute Gasteiger partial charge is 0.313 e. The number of hydrogen-bond acceptors (Lipinski definition) is 8. The molecular weight excluding hydrogens is 752 g/mol. The highest BCUT2D eigenvalue weighted by atomic mass is 79.9. The lowest BCUT2D eigenvalue weighted by Crippen LogP contribution is -2.57. The van der Waals surface area contributed by atoms with Crippen LogP contribution in [0.25, 0.3) is 0 Å². The number of likely N-dealkylation sites (tertiary alicyclic amines) is 1. The minimum Gasteiger partial charge on any atom is -0.455 e. The Morgan fingerprint density at radius 1 is 1.04 bits per heavy atom. The van der Waals surface area contributed by atoms with Crippen LogP contribution < -0.4 is 15.1 Å². The van der Waals surface area contributed by atoms with Crippen LogP contribution in [0.4, 0.5) is 11.4 Å². The number of aliphatic hydroxyl groups is 1. The summed E-state index contributed by atoms with van der Waals surface area (Å²) in [5, 5.41) is 12.2. The Hall–Kier alpha value is -4.00. The van der Waals surface area contributed by atoms with E-state index in [0.29, 0.717) is 43.5 Å². The number of alkyl halides is 1. The molecule has 0 saturated carbocycles. The van der Waals surface area contributed by atoms with E-state index in [1.54, 1.807) is 22.0 Å². The first-order chi connectivity index (χ1) is 26.1. The van der Waals surface area contributed by atoms with E-state index in [4.69, 9.17) is 9.47 Å². The van der Waals surface area contributed by atoms with Crippen LogP contribution in [0.3, 0.4) is 0 Å². The molecule has 54 heavy (non-hydrogen) atoms. The molecule has 5 rings (SSSR count). The van der Waals surface area contributed by atoms with Crippen LogP contribution in [0.1, 0.15) is 70.5 Å². The molecule has 12 heteroatoms. The molecule has 3 fully saturated rings. The molecule has 292 valence electrons. The molecule has 2 aromatic rings. The van der Waals surface area contributed by atoms with Gasteiger partial charge in [0.2, 0.25) is 11.8 Å². The van der Waals surface area contributed by atoms with Crippen molar-refractivity contribution in [3.05, 3.63) is 85.5 Å². The van der Waals surface area contributed by atoms with E-state index >= 15 is 4.79 Å². The number of benzene rings is 2. The van der Waals surface area contributed by atoms with E-state index in [2.05, 4.69) is 53.2 Å². The van der Waals surface area contributed by atoms with Gasteiger partial charge in [-0.1, -0.05) is 71.3 Å². The Balaban J connectivity index is 1.47. The number of nitrogens with one attached hydrogen (secondary N) is 1. The van der Waals surface area contributed by atoms with Gasteiger partial charge in [-0.25, -0.2) is 0 Å². The third kappa shape index (κ3) is 8.61. The number of halogens is 1. The number of carbonyl (C=O) groups is 4. The number of hydrogen-bond donors (Lipinski definition) is 2. The second-order valence-electron chi connectivity index (χ2n) is 14.2. The average Bonchev–Trinajstić information content (AvgIpc) is 3.78. The predicted octanol–water partition coefficient (Wildman–Crippen LogP) is 5.72. The molecule has 0 aromatic heterocycles. The summed E-state index contributed by atoms with van der Waals surface area (Å²) in [7, 11) is 0. The van der Waals surface area contributed by atoms with E-state index in [1.807, 2.05) is 54.6 Å². The first kappa shape index (κ1) is 41.2. The minimum atomic E-state index is -1.27. The summed E-state index contributed by atoms with van der Waals surface area (Å²) in [6.45, 7) is 14.2. The standard InChI is InChI=1S/C42H55BrN4O7/c1-5-9-19-34(49)44-28-33(29-17-13-12-14-18-29)53-41(52)35-36-39(50)47(25-15-10-11-16-26-48)38(42(36)27-32(43)37(35)54-42)40(51)46(24-6-2)31-22-20-30(21-23-31)45(7-3)8-4/h5-6,12-14,17-18,20-23,32-33,35-38,48H,1-2,7-11,15-16,19,24-28H2,3-4H3,(H,44,49)/t32?,33-,35-,36+,37-,38-,42+/m1/s1. The van der Waals surface area contributed by atoms with Gasteiger partial charge >= 0.3 is 5.97 Å². The Kier molecular flexibility index (Phi) is 14.5. The highest BCUT2D eigenvalue weighted by molar-refractivity contribution is 9.09. The molecule has 1 spiro atoms. The van der Waals surface area contributed by atoms with Crippen molar-refractivity contribution in [1.29, 1.82) is 0 Å². The monoisotopic (exact) mass is 806 g/mol. The molecule has 11 nitrogen and oxygen atoms in total. The number of nitrogens with zero attached hydrogens (tertiary/aromatic N) is 3. The largest absolute Gasteiger partial charge is 0.455 e. The van der Waals surface area contributed by atoms with Gasteiger partial charge in [-0.15, -0.1) is 13.2 Å². The SMILES string of the molecule is C=CCCC(=O)NC[C@@H](OC(=O)[C@H]1[C@@H]2O[C@@]3(CC2Br)[C@@H]1C(=O)N(CCCCCCO)[C@@H]3C(=O)N(CC=C)c1ccc(N(CC)CC)cc1)c1ccccc1. The maximum absolute atomic E-state index is 15.0. The highest BCUT2D eigenvalue weighted by Crippen LogP contribution is 2.60. The topological polar surface area (TPSA) is 129 Å². The summed E-state index contributed by atoms with van der Waals surface area (Å²) in [5.41, 5.74) is 1.14. The van der Waals surface area contributed by atoms with E-state index in [0.717, 1.165) is 31.6 Å². The summed E-state index contributed by atoms with van der Waals surface area (Å²) in [6.07, 6.45) is 5.79. The zero-order valence-electron chi connectivity index (χ0n) is 31.5.